The topological polar surface area (TPSA) is 62.8 Å². The Labute approximate surface area is 156 Å². The van der Waals surface area contributed by atoms with E-state index < -0.39 is 0 Å². The number of ketones is 1. The van der Waals surface area contributed by atoms with Crippen LogP contribution in [-0.2, 0) is 12.8 Å². The third kappa shape index (κ3) is 4.49. The van der Waals surface area contributed by atoms with Gasteiger partial charge in [0.25, 0.3) is 5.56 Å². The molecule has 1 aromatic heterocycles. The van der Waals surface area contributed by atoms with Crippen LogP contribution in [0.5, 0.6) is 0 Å². The number of hydrogen-bond donors (Lipinski definition) is 1. The quantitative estimate of drug-likeness (QED) is 0.392. The number of carbonyl (C=O) groups is 1. The first kappa shape index (κ1) is 18.1. The Hall–Kier alpha value is -2.66. The molecule has 3 aromatic rings. The van der Waals surface area contributed by atoms with Crippen molar-refractivity contribution in [3.8, 4) is 0 Å². The van der Waals surface area contributed by atoms with Crippen molar-refractivity contribution in [1.82, 2.24) is 9.97 Å². The number of rotatable bonds is 7. The molecule has 0 aliphatic carbocycles. The highest BCUT2D eigenvalue weighted by Gasteiger charge is 2.13. The van der Waals surface area contributed by atoms with Crippen molar-refractivity contribution in [3.63, 3.8) is 0 Å². The molecule has 0 spiro atoms. The molecule has 1 N–H and O–H groups in total. The van der Waals surface area contributed by atoms with Gasteiger partial charge in [-0.3, -0.25) is 9.59 Å². The summed E-state index contributed by atoms with van der Waals surface area (Å²) in [5.74, 6) is 0.255. The lowest BCUT2D eigenvalue weighted by atomic mass is 10.1. The predicted molar refractivity (Wildman–Crippen MR) is 105 cm³/mol. The van der Waals surface area contributed by atoms with Crippen molar-refractivity contribution in [3.05, 3.63) is 93.4 Å². The monoisotopic (exact) mass is 364 g/mol. The van der Waals surface area contributed by atoms with Crippen LogP contribution in [0.15, 0.2) is 70.6 Å². The highest BCUT2D eigenvalue weighted by molar-refractivity contribution is 7.99. The van der Waals surface area contributed by atoms with Crippen molar-refractivity contribution >= 4 is 17.5 Å². The molecule has 0 fully saturated rings. The number of nitrogens with one attached hydrogen (secondary N) is 1. The average molecular weight is 364 g/mol. The molecule has 2 aromatic carbocycles. The summed E-state index contributed by atoms with van der Waals surface area (Å²) in [4.78, 5) is 32.1. The summed E-state index contributed by atoms with van der Waals surface area (Å²) >= 11 is 1.27. The van der Waals surface area contributed by atoms with Gasteiger partial charge in [0.2, 0.25) is 0 Å². The van der Waals surface area contributed by atoms with Gasteiger partial charge < -0.3 is 4.98 Å². The normalized spacial score (nSPS) is 10.7. The number of Topliss-reactive ketones (excluding diaryl/α,β-unsaturated/α-hetero) is 1. The highest BCUT2D eigenvalue weighted by Crippen LogP contribution is 2.17. The first-order chi connectivity index (χ1) is 12.7. The minimum Gasteiger partial charge on any atom is -0.301 e. The maximum Gasteiger partial charge on any atom is 0.254 e. The van der Waals surface area contributed by atoms with Gasteiger partial charge in [-0.1, -0.05) is 79.3 Å². The first-order valence-corrected chi connectivity index (χ1v) is 9.53. The maximum absolute atomic E-state index is 12.4. The molecule has 0 aliphatic rings. The largest absolute Gasteiger partial charge is 0.301 e. The van der Waals surface area contributed by atoms with Crippen molar-refractivity contribution < 1.29 is 4.79 Å². The SMILES string of the molecule is CCc1c(Cc2ccccc2)nc(SCC(=O)c2ccccc2)[nH]c1=O. The van der Waals surface area contributed by atoms with Crippen LogP contribution in [-0.4, -0.2) is 21.5 Å². The average Bonchev–Trinajstić information content (AvgIpc) is 2.67. The Morgan fingerprint density at radius 1 is 1.04 bits per heavy atom. The minimum atomic E-state index is -0.122. The molecule has 26 heavy (non-hydrogen) atoms. The number of H-pyrrole nitrogens is 1. The molecule has 5 heteroatoms. The van der Waals surface area contributed by atoms with E-state index in [1.54, 1.807) is 12.1 Å². The van der Waals surface area contributed by atoms with Crippen LogP contribution in [0.2, 0.25) is 0 Å². The third-order valence-corrected chi connectivity index (χ3v) is 4.96. The lowest BCUT2D eigenvalue weighted by Gasteiger charge is -2.09. The van der Waals surface area contributed by atoms with Crippen molar-refractivity contribution in [1.29, 1.82) is 0 Å². The van der Waals surface area contributed by atoms with Gasteiger partial charge in [-0.05, 0) is 12.0 Å². The number of thioether (sulfide) groups is 1. The molecular weight excluding hydrogens is 344 g/mol. The number of hydrogen-bond acceptors (Lipinski definition) is 4. The Balaban J connectivity index is 1.80. The molecule has 4 nitrogen and oxygen atoms in total. The highest BCUT2D eigenvalue weighted by atomic mass is 32.2. The van der Waals surface area contributed by atoms with Crippen molar-refractivity contribution in [2.45, 2.75) is 24.9 Å². The van der Waals surface area contributed by atoms with Crippen LogP contribution in [0, 0.1) is 0 Å². The smallest absolute Gasteiger partial charge is 0.254 e. The van der Waals surface area contributed by atoms with E-state index in [-0.39, 0.29) is 17.1 Å². The lowest BCUT2D eigenvalue weighted by molar-refractivity contribution is 0.102. The summed E-state index contributed by atoms with van der Waals surface area (Å²) in [5, 5.41) is 0.488. The number of carbonyl (C=O) groups excluding carboxylic acids is 1. The molecule has 1 heterocycles. The molecule has 0 atom stereocenters. The second-order valence-corrected chi connectivity index (χ2v) is 6.85. The summed E-state index contributed by atoms with van der Waals surface area (Å²) in [6, 6.07) is 19.1. The van der Waals surface area contributed by atoms with Gasteiger partial charge in [0.1, 0.15) is 0 Å². The van der Waals surface area contributed by atoms with Crippen LogP contribution >= 0.6 is 11.8 Å². The maximum atomic E-state index is 12.4. The van der Waals surface area contributed by atoms with Crippen LogP contribution in [0.1, 0.15) is 34.1 Å². The zero-order chi connectivity index (χ0) is 18.4. The fourth-order valence-electron chi connectivity index (χ4n) is 2.73. The molecular formula is C21H20N2O2S. The third-order valence-electron chi connectivity index (χ3n) is 4.08. The van der Waals surface area contributed by atoms with E-state index in [1.807, 2.05) is 55.5 Å². The van der Waals surface area contributed by atoms with Gasteiger partial charge in [0.05, 0.1) is 11.4 Å². The van der Waals surface area contributed by atoms with Crippen LogP contribution in [0.3, 0.4) is 0 Å². The van der Waals surface area contributed by atoms with Gasteiger partial charge in [-0.2, -0.15) is 0 Å². The van der Waals surface area contributed by atoms with Gasteiger partial charge in [0, 0.05) is 17.5 Å². The van der Waals surface area contributed by atoms with E-state index in [4.69, 9.17) is 0 Å². The summed E-state index contributed by atoms with van der Waals surface area (Å²) in [6.45, 7) is 1.95. The van der Waals surface area contributed by atoms with Gasteiger partial charge in [-0.25, -0.2) is 4.98 Å². The van der Waals surface area contributed by atoms with Gasteiger partial charge in [0.15, 0.2) is 10.9 Å². The lowest BCUT2D eigenvalue weighted by Crippen LogP contribution is -2.19. The van der Waals surface area contributed by atoms with E-state index in [2.05, 4.69) is 9.97 Å². The number of nitrogens with zero attached hydrogens (tertiary/aromatic N) is 1. The van der Waals surface area contributed by atoms with E-state index in [9.17, 15) is 9.59 Å². The fourth-order valence-corrected chi connectivity index (χ4v) is 3.51. The van der Waals surface area contributed by atoms with E-state index >= 15 is 0 Å². The number of aromatic amines is 1. The van der Waals surface area contributed by atoms with Crippen molar-refractivity contribution in [2.75, 3.05) is 5.75 Å². The van der Waals surface area contributed by atoms with Crippen molar-refractivity contribution in [2.24, 2.45) is 0 Å². The standard InChI is InChI=1S/C21H20N2O2S/c1-2-17-18(13-15-9-5-3-6-10-15)22-21(23-20(17)25)26-14-19(24)16-11-7-4-8-12-16/h3-12H,2,13-14H2,1H3,(H,22,23,25). The predicted octanol–water partition coefficient (Wildman–Crippen LogP) is 3.90. The molecule has 0 unspecified atom stereocenters. The zero-order valence-electron chi connectivity index (χ0n) is 14.6. The summed E-state index contributed by atoms with van der Waals surface area (Å²) in [5.41, 5.74) is 3.13. The Bertz CT molecular complexity index is 937. The second kappa shape index (κ2) is 8.63. The van der Waals surface area contributed by atoms with Gasteiger partial charge in [-0.15, -0.1) is 0 Å². The molecule has 0 radical (unpaired) electrons. The fraction of sp³-hybridized carbons (Fsp3) is 0.190. The van der Waals surface area contributed by atoms with Crippen LogP contribution in [0.25, 0.3) is 0 Å². The first-order valence-electron chi connectivity index (χ1n) is 8.54. The van der Waals surface area contributed by atoms with Gasteiger partial charge >= 0.3 is 0 Å². The van der Waals surface area contributed by atoms with Crippen LogP contribution in [0.4, 0.5) is 0 Å². The van der Waals surface area contributed by atoms with E-state index in [0.717, 1.165) is 11.3 Å². The zero-order valence-corrected chi connectivity index (χ0v) is 15.4. The molecule has 132 valence electrons. The van der Waals surface area contributed by atoms with E-state index in [1.165, 1.54) is 11.8 Å². The van der Waals surface area contributed by atoms with Crippen LogP contribution < -0.4 is 5.56 Å². The summed E-state index contributed by atoms with van der Waals surface area (Å²) in [7, 11) is 0. The molecule has 0 saturated heterocycles. The molecule has 3 rings (SSSR count). The molecule has 0 saturated carbocycles. The van der Waals surface area contributed by atoms with E-state index in [0.29, 0.717) is 29.1 Å². The number of aromatic nitrogens is 2. The Morgan fingerprint density at radius 2 is 1.69 bits per heavy atom. The molecule has 0 bridgehead atoms. The summed E-state index contributed by atoms with van der Waals surface area (Å²) in [6.07, 6.45) is 1.23. The number of benzene rings is 2. The minimum absolute atomic E-state index is 0.0161. The molecule has 0 amide bonds. The second-order valence-electron chi connectivity index (χ2n) is 5.89. The summed E-state index contributed by atoms with van der Waals surface area (Å²) < 4.78 is 0. The Kier molecular flexibility index (Phi) is 6.02. The Morgan fingerprint density at radius 3 is 2.35 bits per heavy atom. The molecule has 0 aliphatic heterocycles.